The predicted molar refractivity (Wildman–Crippen MR) is 235 cm³/mol. The van der Waals surface area contributed by atoms with Crippen molar-refractivity contribution in [2.24, 2.45) is 0 Å². The number of esters is 1. The number of amides is 1. The number of carboxylic acids is 1. The van der Waals surface area contributed by atoms with Crippen molar-refractivity contribution >= 4 is 25.7 Å². The van der Waals surface area contributed by atoms with Gasteiger partial charge in [0.05, 0.1) is 19.6 Å². The standard InChI is InChI=1S/C46H70NO10P/c1-3-5-7-9-11-13-15-17-18-19-20-21-22-23-24-26-28-30-32-34-36-38-45(50)55-39-42(48)40-56-58(53,54)57-41-43(46(51)52)47-44(49)37-35-33-31-29-27-25-16-14-12-10-8-6-4-2/h5-8,11-14,17-18,20-21,23-25,27-28,30,34,36,42-43,48H,3-4,9-10,15-16,19,22,26,29,31-33,35,37-41H2,1-2H3,(H,47,49)(H,51,52)(H,53,54)/b7-5-,8-6-,13-11-,14-12-,18-17-,21-20-,24-23-,27-25-,30-28-,36-34-. The largest absolute Gasteiger partial charge is 0.480 e. The molecule has 324 valence electrons. The van der Waals surface area contributed by atoms with E-state index in [4.69, 9.17) is 13.8 Å². The van der Waals surface area contributed by atoms with Crippen LogP contribution in [-0.4, -0.2) is 64.9 Å². The minimum Gasteiger partial charge on any atom is -0.480 e. The van der Waals surface area contributed by atoms with E-state index in [2.05, 4.69) is 116 Å². The molecule has 12 heteroatoms. The lowest BCUT2D eigenvalue weighted by molar-refractivity contribution is -0.146. The molecule has 0 rings (SSSR count). The minimum atomic E-state index is -4.79. The van der Waals surface area contributed by atoms with Crippen LogP contribution in [0.3, 0.4) is 0 Å². The second-order valence-electron chi connectivity index (χ2n) is 13.1. The normalized spacial score (nSPS) is 15.0. The van der Waals surface area contributed by atoms with Crippen molar-refractivity contribution in [3.05, 3.63) is 122 Å². The van der Waals surface area contributed by atoms with Crippen LogP contribution in [0.2, 0.25) is 0 Å². The number of nitrogens with one attached hydrogen (secondary N) is 1. The van der Waals surface area contributed by atoms with Gasteiger partial charge in [0, 0.05) is 6.42 Å². The van der Waals surface area contributed by atoms with Gasteiger partial charge in [-0.2, -0.15) is 0 Å². The van der Waals surface area contributed by atoms with Crippen molar-refractivity contribution in [2.75, 3.05) is 19.8 Å². The quantitative estimate of drug-likeness (QED) is 0.0206. The van der Waals surface area contributed by atoms with E-state index in [-0.39, 0.29) is 12.8 Å². The Bertz CT molecular complexity index is 1440. The average molecular weight is 828 g/mol. The summed E-state index contributed by atoms with van der Waals surface area (Å²) < 4.78 is 26.7. The van der Waals surface area contributed by atoms with Crippen LogP contribution < -0.4 is 5.32 Å². The summed E-state index contributed by atoms with van der Waals surface area (Å²) in [5.41, 5.74) is 0. The lowest BCUT2D eigenvalue weighted by atomic mass is 10.1. The number of hydrogen-bond acceptors (Lipinski definition) is 8. The molecule has 0 saturated carbocycles. The monoisotopic (exact) mass is 827 g/mol. The lowest BCUT2D eigenvalue weighted by Gasteiger charge is -2.18. The number of carbonyl (C=O) groups is 3. The highest BCUT2D eigenvalue weighted by molar-refractivity contribution is 7.47. The van der Waals surface area contributed by atoms with Crippen molar-refractivity contribution in [2.45, 2.75) is 129 Å². The Hall–Kier alpha value is -4.12. The highest BCUT2D eigenvalue weighted by Crippen LogP contribution is 2.43. The second kappa shape index (κ2) is 39.7. The van der Waals surface area contributed by atoms with Crippen molar-refractivity contribution in [3.8, 4) is 0 Å². The summed E-state index contributed by atoms with van der Waals surface area (Å²) in [7, 11) is -4.79. The van der Waals surface area contributed by atoms with Crippen LogP contribution in [0, 0.1) is 0 Å². The van der Waals surface area contributed by atoms with Crippen molar-refractivity contribution in [1.82, 2.24) is 5.32 Å². The van der Waals surface area contributed by atoms with E-state index in [9.17, 15) is 34.1 Å². The number of allylic oxidation sites excluding steroid dienone is 19. The predicted octanol–water partition coefficient (Wildman–Crippen LogP) is 10.4. The first kappa shape index (κ1) is 53.9. The molecule has 0 aromatic rings. The maximum Gasteiger partial charge on any atom is 0.472 e. The molecule has 0 fully saturated rings. The summed E-state index contributed by atoms with van der Waals surface area (Å²) in [6.07, 6.45) is 52.6. The number of aliphatic carboxylic acids is 1. The number of aliphatic hydroxyl groups is 1. The number of hydrogen-bond donors (Lipinski definition) is 4. The Morgan fingerprint density at radius 3 is 1.43 bits per heavy atom. The molecule has 0 aliphatic heterocycles. The zero-order valence-corrected chi connectivity index (χ0v) is 35.7. The Labute approximate surface area is 348 Å². The summed E-state index contributed by atoms with van der Waals surface area (Å²) in [5.74, 6) is -2.58. The van der Waals surface area contributed by atoms with Gasteiger partial charge in [-0.25, -0.2) is 9.36 Å². The Morgan fingerprint density at radius 1 is 0.569 bits per heavy atom. The number of aliphatic hydroxyl groups excluding tert-OH is 1. The van der Waals surface area contributed by atoms with E-state index >= 15 is 0 Å². The lowest BCUT2D eigenvalue weighted by Crippen LogP contribution is -2.43. The molecule has 3 unspecified atom stereocenters. The van der Waals surface area contributed by atoms with Crippen LogP contribution in [0.1, 0.15) is 117 Å². The fourth-order valence-electron chi connectivity index (χ4n) is 4.65. The topological polar surface area (TPSA) is 169 Å². The molecule has 0 bridgehead atoms. The number of rotatable bonds is 36. The molecule has 0 spiro atoms. The van der Waals surface area contributed by atoms with Gasteiger partial charge in [-0.1, -0.05) is 142 Å². The van der Waals surface area contributed by atoms with E-state index in [0.29, 0.717) is 12.8 Å². The number of unbranched alkanes of at least 4 members (excludes halogenated alkanes) is 3. The van der Waals surface area contributed by atoms with Gasteiger partial charge in [-0.15, -0.1) is 0 Å². The molecule has 4 N–H and O–H groups in total. The first-order valence-corrected chi connectivity index (χ1v) is 22.1. The molecule has 0 aromatic carbocycles. The first-order valence-electron chi connectivity index (χ1n) is 20.6. The first-order chi connectivity index (χ1) is 28.1. The van der Waals surface area contributed by atoms with Crippen LogP contribution >= 0.6 is 7.82 Å². The molecule has 0 heterocycles. The van der Waals surface area contributed by atoms with Crippen LogP contribution in [0.15, 0.2) is 122 Å². The summed E-state index contributed by atoms with van der Waals surface area (Å²) in [6, 6.07) is -1.58. The highest BCUT2D eigenvalue weighted by atomic mass is 31.2. The van der Waals surface area contributed by atoms with Gasteiger partial charge < -0.3 is 25.2 Å². The highest BCUT2D eigenvalue weighted by Gasteiger charge is 2.28. The Morgan fingerprint density at radius 2 is 0.983 bits per heavy atom. The van der Waals surface area contributed by atoms with Crippen LogP contribution in [0.25, 0.3) is 0 Å². The fraction of sp³-hybridized carbons (Fsp3) is 0.500. The van der Waals surface area contributed by atoms with Gasteiger partial charge in [-0.3, -0.25) is 18.6 Å². The van der Waals surface area contributed by atoms with Crippen LogP contribution in [-0.2, 0) is 32.7 Å². The third kappa shape index (κ3) is 38.7. The molecule has 1 amide bonds. The molecule has 58 heavy (non-hydrogen) atoms. The molecule has 0 aliphatic rings. The molecular weight excluding hydrogens is 757 g/mol. The number of carbonyl (C=O) groups excluding carboxylic acids is 2. The number of ether oxygens (including phenoxy) is 1. The summed E-state index contributed by atoms with van der Waals surface area (Å²) in [4.78, 5) is 45.7. The van der Waals surface area contributed by atoms with E-state index in [1.54, 1.807) is 6.08 Å². The van der Waals surface area contributed by atoms with E-state index in [1.807, 2.05) is 18.2 Å². The summed E-state index contributed by atoms with van der Waals surface area (Å²) >= 11 is 0. The molecule has 11 nitrogen and oxygen atoms in total. The van der Waals surface area contributed by atoms with Gasteiger partial charge in [0.1, 0.15) is 12.7 Å². The van der Waals surface area contributed by atoms with Gasteiger partial charge in [0.15, 0.2) is 6.04 Å². The molecule has 0 saturated heterocycles. The van der Waals surface area contributed by atoms with E-state index in [1.165, 1.54) is 0 Å². The van der Waals surface area contributed by atoms with Gasteiger partial charge in [0.2, 0.25) is 5.91 Å². The number of phosphoric ester groups is 1. The maximum absolute atomic E-state index is 12.2. The number of phosphoric acid groups is 1. The van der Waals surface area contributed by atoms with Crippen LogP contribution in [0.5, 0.6) is 0 Å². The third-order valence-electron chi connectivity index (χ3n) is 7.78. The fourth-order valence-corrected chi connectivity index (χ4v) is 5.42. The Balaban J connectivity index is 4.10. The van der Waals surface area contributed by atoms with Crippen molar-refractivity contribution < 1.29 is 47.8 Å². The molecule has 0 aromatic heterocycles. The molecule has 3 atom stereocenters. The van der Waals surface area contributed by atoms with E-state index < -0.39 is 57.6 Å². The molecule has 0 aliphatic carbocycles. The molecular formula is C46H70NO10P. The van der Waals surface area contributed by atoms with E-state index in [0.717, 1.165) is 77.0 Å². The average Bonchev–Trinajstić information content (AvgIpc) is 3.20. The van der Waals surface area contributed by atoms with Crippen molar-refractivity contribution in [1.29, 1.82) is 0 Å². The SMILES string of the molecule is CC/C=C\C/C=C\C/C=C\C/C=C\C/C=C\C/C=C\C/C=C\CC(=O)OCC(O)COP(=O)(O)OCC(NC(=O)CCCCC/C=C\C/C=C\C/C=C\CC)C(=O)O. The van der Waals surface area contributed by atoms with Gasteiger partial charge in [-0.05, 0) is 83.5 Å². The second-order valence-corrected chi connectivity index (χ2v) is 14.5. The summed E-state index contributed by atoms with van der Waals surface area (Å²) in [6.45, 7) is 2.19. The van der Waals surface area contributed by atoms with Crippen molar-refractivity contribution in [3.63, 3.8) is 0 Å². The molecule has 0 radical (unpaired) electrons. The minimum absolute atomic E-state index is 0.0206. The van der Waals surface area contributed by atoms with Gasteiger partial charge in [0.25, 0.3) is 0 Å². The summed E-state index contributed by atoms with van der Waals surface area (Å²) in [5, 5.41) is 21.7. The zero-order chi connectivity index (χ0) is 42.8. The number of carboxylic acid groups (broad SMARTS) is 1. The maximum atomic E-state index is 12.2. The van der Waals surface area contributed by atoms with Crippen LogP contribution in [0.4, 0.5) is 0 Å². The smallest absolute Gasteiger partial charge is 0.472 e. The zero-order valence-electron chi connectivity index (χ0n) is 34.8. The van der Waals surface area contributed by atoms with Gasteiger partial charge >= 0.3 is 19.8 Å². The Kier molecular flexibility index (Phi) is 36.9. The third-order valence-corrected chi connectivity index (χ3v) is 8.73.